The summed E-state index contributed by atoms with van der Waals surface area (Å²) < 4.78 is 0. The van der Waals surface area contributed by atoms with Crippen molar-refractivity contribution in [3.8, 4) is 5.75 Å². The molecule has 23 heavy (non-hydrogen) atoms. The first-order chi connectivity index (χ1) is 11.1. The molecule has 2 fully saturated rings. The molecule has 1 aromatic rings. The van der Waals surface area contributed by atoms with Crippen molar-refractivity contribution in [2.45, 2.75) is 37.7 Å². The SMILES string of the molecule is O=C(c1ccc(O)cc1)N1CCCC(O)(CN2CCCC2)CC1. The summed E-state index contributed by atoms with van der Waals surface area (Å²) in [7, 11) is 0. The van der Waals surface area contributed by atoms with Crippen molar-refractivity contribution in [3.05, 3.63) is 29.8 Å². The fraction of sp³-hybridized carbons (Fsp3) is 0.611. The number of amides is 1. The lowest BCUT2D eigenvalue weighted by atomic mass is 9.94. The molecule has 0 aliphatic carbocycles. The first kappa shape index (κ1) is 16.3. The van der Waals surface area contributed by atoms with Crippen molar-refractivity contribution in [1.29, 1.82) is 0 Å². The van der Waals surface area contributed by atoms with Gasteiger partial charge in [0.05, 0.1) is 5.60 Å². The average Bonchev–Trinajstić information content (AvgIpc) is 2.95. The molecule has 1 unspecified atom stereocenters. The molecule has 2 heterocycles. The number of benzene rings is 1. The van der Waals surface area contributed by atoms with Gasteiger partial charge >= 0.3 is 0 Å². The number of carbonyl (C=O) groups excluding carboxylic acids is 1. The van der Waals surface area contributed by atoms with Crippen LogP contribution in [0.4, 0.5) is 0 Å². The second-order valence-corrected chi connectivity index (χ2v) is 6.90. The lowest BCUT2D eigenvalue weighted by Crippen LogP contribution is -2.43. The van der Waals surface area contributed by atoms with Gasteiger partial charge < -0.3 is 20.0 Å². The maximum atomic E-state index is 12.6. The lowest BCUT2D eigenvalue weighted by Gasteiger charge is -2.31. The maximum absolute atomic E-state index is 12.6. The number of aliphatic hydroxyl groups is 1. The molecule has 3 rings (SSSR count). The Balaban J connectivity index is 1.61. The normalized spacial score (nSPS) is 26.2. The maximum Gasteiger partial charge on any atom is 0.253 e. The Bertz CT molecular complexity index is 540. The van der Waals surface area contributed by atoms with E-state index in [1.54, 1.807) is 12.1 Å². The summed E-state index contributed by atoms with van der Waals surface area (Å²) in [6, 6.07) is 6.38. The third-order valence-corrected chi connectivity index (χ3v) is 5.04. The van der Waals surface area contributed by atoms with Crippen LogP contribution in [0.3, 0.4) is 0 Å². The molecule has 2 aliphatic rings. The molecule has 2 saturated heterocycles. The molecule has 2 aliphatic heterocycles. The van der Waals surface area contributed by atoms with Gasteiger partial charge in [-0.2, -0.15) is 0 Å². The number of rotatable bonds is 3. The minimum Gasteiger partial charge on any atom is -0.508 e. The van der Waals surface area contributed by atoms with E-state index in [1.165, 1.54) is 25.0 Å². The van der Waals surface area contributed by atoms with E-state index in [1.807, 2.05) is 4.90 Å². The first-order valence-corrected chi connectivity index (χ1v) is 8.59. The van der Waals surface area contributed by atoms with E-state index in [4.69, 9.17) is 0 Å². The fourth-order valence-electron chi connectivity index (χ4n) is 3.68. The van der Waals surface area contributed by atoms with Gasteiger partial charge in [-0.3, -0.25) is 4.79 Å². The van der Waals surface area contributed by atoms with Crippen molar-refractivity contribution in [2.75, 3.05) is 32.7 Å². The van der Waals surface area contributed by atoms with E-state index < -0.39 is 5.60 Å². The Kier molecular flexibility index (Phi) is 4.87. The van der Waals surface area contributed by atoms with Gasteiger partial charge in [0, 0.05) is 25.2 Å². The quantitative estimate of drug-likeness (QED) is 0.893. The van der Waals surface area contributed by atoms with Gasteiger partial charge in [0.2, 0.25) is 0 Å². The molecule has 0 spiro atoms. The summed E-state index contributed by atoms with van der Waals surface area (Å²) in [5.41, 5.74) is -0.0818. The highest BCUT2D eigenvalue weighted by molar-refractivity contribution is 5.94. The monoisotopic (exact) mass is 318 g/mol. The van der Waals surface area contributed by atoms with Crippen molar-refractivity contribution < 1.29 is 15.0 Å². The third kappa shape index (κ3) is 4.03. The predicted molar refractivity (Wildman–Crippen MR) is 88.5 cm³/mol. The smallest absolute Gasteiger partial charge is 0.253 e. The topological polar surface area (TPSA) is 64.0 Å². The van der Waals surface area contributed by atoms with Gasteiger partial charge in [-0.05, 0) is 69.5 Å². The van der Waals surface area contributed by atoms with Crippen LogP contribution in [0.2, 0.25) is 0 Å². The zero-order chi connectivity index (χ0) is 16.3. The average molecular weight is 318 g/mol. The number of aromatic hydroxyl groups is 1. The molecular formula is C18H26N2O3. The third-order valence-electron chi connectivity index (χ3n) is 5.04. The van der Waals surface area contributed by atoms with Crippen LogP contribution >= 0.6 is 0 Å². The van der Waals surface area contributed by atoms with E-state index in [0.717, 1.165) is 32.5 Å². The molecule has 1 amide bonds. The number of hydrogen-bond donors (Lipinski definition) is 2. The summed E-state index contributed by atoms with van der Waals surface area (Å²) in [6.07, 6.45) is 4.66. The molecule has 126 valence electrons. The molecule has 1 aromatic carbocycles. The van der Waals surface area contributed by atoms with Crippen LogP contribution in [-0.4, -0.2) is 64.2 Å². The summed E-state index contributed by atoms with van der Waals surface area (Å²) in [5, 5.41) is 20.2. The molecule has 0 saturated carbocycles. The minimum atomic E-state index is -0.672. The predicted octanol–water partition coefficient (Wildman–Crippen LogP) is 1.85. The second-order valence-electron chi connectivity index (χ2n) is 6.90. The molecule has 0 bridgehead atoms. The van der Waals surface area contributed by atoms with Gasteiger partial charge in [0.15, 0.2) is 0 Å². The summed E-state index contributed by atoms with van der Waals surface area (Å²) in [6.45, 7) is 4.16. The number of nitrogens with zero attached hydrogens (tertiary/aromatic N) is 2. The number of hydrogen-bond acceptors (Lipinski definition) is 4. The number of likely N-dealkylation sites (tertiary alicyclic amines) is 2. The highest BCUT2D eigenvalue weighted by Gasteiger charge is 2.34. The van der Waals surface area contributed by atoms with E-state index >= 15 is 0 Å². The van der Waals surface area contributed by atoms with Crippen molar-refractivity contribution in [1.82, 2.24) is 9.80 Å². The Hall–Kier alpha value is -1.59. The standard InChI is InChI=1S/C18H26N2O3/c21-16-6-4-15(5-7-16)17(22)20-12-3-8-18(23,9-13-20)14-19-10-1-2-11-19/h4-7,21,23H,1-3,8-14H2. The molecule has 0 aromatic heterocycles. The summed E-state index contributed by atoms with van der Waals surface area (Å²) in [5.74, 6) is 0.146. The van der Waals surface area contributed by atoms with Crippen LogP contribution in [0.15, 0.2) is 24.3 Å². The van der Waals surface area contributed by atoms with Gasteiger partial charge in [-0.1, -0.05) is 0 Å². The fourth-order valence-corrected chi connectivity index (χ4v) is 3.68. The van der Waals surface area contributed by atoms with Crippen LogP contribution in [0.5, 0.6) is 5.75 Å². The second kappa shape index (κ2) is 6.89. The van der Waals surface area contributed by atoms with E-state index in [9.17, 15) is 15.0 Å². The molecule has 1 atom stereocenters. The number of carbonyl (C=O) groups is 1. The van der Waals surface area contributed by atoms with Crippen LogP contribution < -0.4 is 0 Å². The van der Waals surface area contributed by atoms with Gasteiger partial charge in [-0.15, -0.1) is 0 Å². The van der Waals surface area contributed by atoms with Crippen molar-refractivity contribution in [2.24, 2.45) is 0 Å². The molecule has 5 nitrogen and oxygen atoms in total. The Morgan fingerprint density at radius 3 is 2.39 bits per heavy atom. The van der Waals surface area contributed by atoms with Crippen LogP contribution in [-0.2, 0) is 0 Å². The molecule has 0 radical (unpaired) electrons. The number of β-amino-alcohol motifs (C(OH)–C–C–N with tert-alkyl or cyclic N) is 1. The highest BCUT2D eigenvalue weighted by Crippen LogP contribution is 2.26. The Morgan fingerprint density at radius 1 is 1.00 bits per heavy atom. The van der Waals surface area contributed by atoms with Crippen LogP contribution in [0, 0.1) is 0 Å². The number of phenols is 1. The Morgan fingerprint density at radius 2 is 1.70 bits per heavy atom. The van der Waals surface area contributed by atoms with E-state index in [-0.39, 0.29) is 11.7 Å². The van der Waals surface area contributed by atoms with Gasteiger partial charge in [0.25, 0.3) is 5.91 Å². The van der Waals surface area contributed by atoms with Crippen molar-refractivity contribution >= 4 is 5.91 Å². The molecule has 5 heteroatoms. The van der Waals surface area contributed by atoms with Crippen LogP contribution in [0.25, 0.3) is 0 Å². The highest BCUT2D eigenvalue weighted by atomic mass is 16.3. The largest absolute Gasteiger partial charge is 0.508 e. The van der Waals surface area contributed by atoms with Gasteiger partial charge in [0.1, 0.15) is 5.75 Å². The zero-order valence-electron chi connectivity index (χ0n) is 13.6. The zero-order valence-corrected chi connectivity index (χ0v) is 13.6. The minimum absolute atomic E-state index is 0.0181. The lowest BCUT2D eigenvalue weighted by molar-refractivity contribution is -0.00290. The van der Waals surface area contributed by atoms with E-state index in [0.29, 0.717) is 25.1 Å². The van der Waals surface area contributed by atoms with E-state index in [2.05, 4.69) is 4.90 Å². The molecular weight excluding hydrogens is 292 g/mol. The molecule has 2 N–H and O–H groups in total. The van der Waals surface area contributed by atoms with Crippen molar-refractivity contribution in [3.63, 3.8) is 0 Å². The summed E-state index contributed by atoms with van der Waals surface area (Å²) in [4.78, 5) is 16.7. The number of phenolic OH excluding ortho intramolecular Hbond substituents is 1. The van der Waals surface area contributed by atoms with Gasteiger partial charge in [-0.25, -0.2) is 0 Å². The summed E-state index contributed by atoms with van der Waals surface area (Å²) >= 11 is 0. The van der Waals surface area contributed by atoms with Crippen LogP contribution in [0.1, 0.15) is 42.5 Å². The Labute approximate surface area is 137 Å². The first-order valence-electron chi connectivity index (χ1n) is 8.59.